The standard InChI is InChI=1S/C22H23NO3/c1-25-21(26-2)15-23(16-24)22(18-10-4-3-5-11-18)20-14-8-12-17-9-6-7-13-19(17)20/h3-14,16,21-22H,15H2,1-2H3/t22-/m1/s1. The predicted octanol–water partition coefficient (Wildman–Crippen LogP) is 4.01. The Hall–Kier alpha value is -2.69. The van der Waals surface area contributed by atoms with Crippen LogP contribution >= 0.6 is 0 Å². The highest BCUT2D eigenvalue weighted by atomic mass is 16.7. The third-order valence-electron chi connectivity index (χ3n) is 4.59. The highest BCUT2D eigenvalue weighted by Crippen LogP contribution is 2.33. The highest BCUT2D eigenvalue weighted by molar-refractivity contribution is 5.86. The number of benzene rings is 3. The zero-order valence-corrected chi connectivity index (χ0v) is 15.0. The Balaban J connectivity index is 2.13. The normalized spacial score (nSPS) is 12.3. The van der Waals surface area contributed by atoms with Crippen molar-refractivity contribution in [2.24, 2.45) is 0 Å². The van der Waals surface area contributed by atoms with Gasteiger partial charge in [0.25, 0.3) is 0 Å². The maximum Gasteiger partial charge on any atom is 0.210 e. The van der Waals surface area contributed by atoms with Gasteiger partial charge >= 0.3 is 0 Å². The van der Waals surface area contributed by atoms with Crippen LogP contribution in [0.5, 0.6) is 0 Å². The van der Waals surface area contributed by atoms with Crippen molar-refractivity contribution >= 4 is 17.2 Å². The summed E-state index contributed by atoms with van der Waals surface area (Å²) in [5.74, 6) is 0. The van der Waals surface area contributed by atoms with E-state index in [0.29, 0.717) is 6.54 Å². The van der Waals surface area contributed by atoms with Gasteiger partial charge in [0.15, 0.2) is 6.29 Å². The first kappa shape index (κ1) is 18.1. The Kier molecular flexibility index (Phi) is 6.00. The zero-order chi connectivity index (χ0) is 18.4. The van der Waals surface area contributed by atoms with Gasteiger partial charge in [-0.1, -0.05) is 72.8 Å². The van der Waals surface area contributed by atoms with E-state index in [2.05, 4.69) is 24.3 Å². The third kappa shape index (κ3) is 3.77. The van der Waals surface area contributed by atoms with Crippen LogP contribution in [0.3, 0.4) is 0 Å². The van der Waals surface area contributed by atoms with Crippen molar-refractivity contribution in [2.45, 2.75) is 12.3 Å². The van der Waals surface area contributed by atoms with E-state index < -0.39 is 6.29 Å². The number of rotatable bonds is 8. The fourth-order valence-electron chi connectivity index (χ4n) is 3.30. The van der Waals surface area contributed by atoms with Crippen LogP contribution in [0.15, 0.2) is 72.8 Å². The first-order chi connectivity index (χ1) is 12.8. The van der Waals surface area contributed by atoms with Crippen molar-refractivity contribution in [3.63, 3.8) is 0 Å². The van der Waals surface area contributed by atoms with E-state index in [0.717, 1.165) is 28.3 Å². The molecular weight excluding hydrogens is 326 g/mol. The topological polar surface area (TPSA) is 38.8 Å². The Morgan fingerprint density at radius 1 is 0.885 bits per heavy atom. The second kappa shape index (κ2) is 8.61. The molecule has 0 aromatic heterocycles. The average Bonchev–Trinajstić information content (AvgIpc) is 2.71. The maximum atomic E-state index is 12.0. The first-order valence-electron chi connectivity index (χ1n) is 8.57. The van der Waals surface area contributed by atoms with Gasteiger partial charge in [-0.3, -0.25) is 4.79 Å². The Morgan fingerprint density at radius 2 is 1.54 bits per heavy atom. The number of methoxy groups -OCH3 is 2. The van der Waals surface area contributed by atoms with Crippen LogP contribution in [0.1, 0.15) is 17.2 Å². The number of hydrogen-bond acceptors (Lipinski definition) is 3. The van der Waals surface area contributed by atoms with Gasteiger partial charge in [0.1, 0.15) is 0 Å². The molecule has 134 valence electrons. The number of amides is 1. The highest BCUT2D eigenvalue weighted by Gasteiger charge is 2.25. The molecule has 0 N–H and O–H groups in total. The summed E-state index contributed by atoms with van der Waals surface area (Å²) in [5, 5.41) is 2.27. The second-order valence-corrected chi connectivity index (χ2v) is 6.08. The van der Waals surface area contributed by atoms with Crippen LogP contribution in [0.2, 0.25) is 0 Å². The summed E-state index contributed by atoms with van der Waals surface area (Å²) >= 11 is 0. The first-order valence-corrected chi connectivity index (χ1v) is 8.57. The summed E-state index contributed by atoms with van der Waals surface area (Å²) in [4.78, 5) is 13.7. The largest absolute Gasteiger partial charge is 0.354 e. The average molecular weight is 349 g/mol. The predicted molar refractivity (Wildman–Crippen MR) is 103 cm³/mol. The van der Waals surface area contributed by atoms with Crippen molar-refractivity contribution in [3.8, 4) is 0 Å². The molecule has 0 saturated heterocycles. The number of hydrogen-bond donors (Lipinski definition) is 0. The smallest absolute Gasteiger partial charge is 0.210 e. The molecule has 0 saturated carbocycles. The summed E-state index contributed by atoms with van der Waals surface area (Å²) in [6.45, 7) is 0.333. The molecule has 0 bridgehead atoms. The van der Waals surface area contributed by atoms with Crippen molar-refractivity contribution in [1.82, 2.24) is 4.90 Å². The molecule has 26 heavy (non-hydrogen) atoms. The maximum absolute atomic E-state index is 12.0. The minimum absolute atomic E-state index is 0.229. The summed E-state index contributed by atoms with van der Waals surface area (Å²) in [6, 6.07) is 24.2. The third-order valence-corrected chi connectivity index (χ3v) is 4.59. The van der Waals surface area contributed by atoms with Crippen molar-refractivity contribution < 1.29 is 14.3 Å². The van der Waals surface area contributed by atoms with Crippen LogP contribution in [-0.4, -0.2) is 38.4 Å². The molecule has 1 amide bonds. The lowest BCUT2D eigenvalue weighted by Gasteiger charge is -2.32. The fourth-order valence-corrected chi connectivity index (χ4v) is 3.30. The van der Waals surface area contributed by atoms with Gasteiger partial charge in [-0.2, -0.15) is 0 Å². The van der Waals surface area contributed by atoms with Crippen LogP contribution in [-0.2, 0) is 14.3 Å². The van der Waals surface area contributed by atoms with Gasteiger partial charge in [0, 0.05) is 14.2 Å². The van der Waals surface area contributed by atoms with Crippen molar-refractivity contribution in [2.75, 3.05) is 20.8 Å². The Labute approximate surface area is 154 Å². The van der Waals surface area contributed by atoms with Crippen LogP contribution in [0.25, 0.3) is 10.8 Å². The molecule has 0 aliphatic rings. The van der Waals surface area contributed by atoms with Crippen molar-refractivity contribution in [3.05, 3.63) is 83.9 Å². The van der Waals surface area contributed by atoms with Crippen LogP contribution < -0.4 is 0 Å². The van der Waals surface area contributed by atoms with Gasteiger partial charge in [-0.05, 0) is 21.9 Å². The molecule has 0 aliphatic heterocycles. The van der Waals surface area contributed by atoms with Crippen LogP contribution in [0, 0.1) is 0 Å². The van der Waals surface area contributed by atoms with Gasteiger partial charge in [-0.25, -0.2) is 0 Å². The van der Waals surface area contributed by atoms with E-state index in [4.69, 9.17) is 9.47 Å². The van der Waals surface area contributed by atoms with E-state index in [1.807, 2.05) is 48.5 Å². The van der Waals surface area contributed by atoms with E-state index in [1.54, 1.807) is 19.1 Å². The van der Waals surface area contributed by atoms with Crippen LogP contribution in [0.4, 0.5) is 0 Å². The lowest BCUT2D eigenvalue weighted by molar-refractivity contribution is -0.137. The number of ether oxygens (including phenoxy) is 2. The molecular formula is C22H23NO3. The molecule has 1 atom stereocenters. The molecule has 0 radical (unpaired) electrons. The lowest BCUT2D eigenvalue weighted by Crippen LogP contribution is -2.37. The number of carbonyl (C=O) groups is 1. The molecule has 0 fully saturated rings. The second-order valence-electron chi connectivity index (χ2n) is 6.08. The monoisotopic (exact) mass is 349 g/mol. The molecule has 0 heterocycles. The minimum Gasteiger partial charge on any atom is -0.354 e. The molecule has 0 aliphatic carbocycles. The van der Waals surface area contributed by atoms with E-state index in [9.17, 15) is 4.79 Å². The van der Waals surface area contributed by atoms with E-state index in [1.165, 1.54) is 0 Å². The fraction of sp³-hybridized carbons (Fsp3) is 0.227. The quantitative estimate of drug-likeness (QED) is 0.456. The summed E-state index contributed by atoms with van der Waals surface area (Å²) < 4.78 is 10.6. The molecule has 3 aromatic rings. The summed E-state index contributed by atoms with van der Waals surface area (Å²) in [6.07, 6.45) is 0.381. The minimum atomic E-state index is -0.485. The van der Waals surface area contributed by atoms with Crippen molar-refractivity contribution in [1.29, 1.82) is 0 Å². The SMILES string of the molecule is COC(CN(C=O)[C@H](c1ccccc1)c1cccc2ccccc12)OC. The molecule has 0 spiro atoms. The number of fused-ring (bicyclic) bond motifs is 1. The van der Waals surface area contributed by atoms with Gasteiger partial charge in [0.05, 0.1) is 12.6 Å². The molecule has 4 heteroatoms. The Morgan fingerprint density at radius 3 is 2.23 bits per heavy atom. The van der Waals surface area contributed by atoms with Gasteiger partial charge in [-0.15, -0.1) is 0 Å². The molecule has 3 aromatic carbocycles. The van der Waals surface area contributed by atoms with Gasteiger partial charge in [0.2, 0.25) is 6.41 Å². The molecule has 4 nitrogen and oxygen atoms in total. The van der Waals surface area contributed by atoms with E-state index >= 15 is 0 Å². The summed E-state index contributed by atoms with van der Waals surface area (Å²) in [5.41, 5.74) is 2.12. The number of carbonyl (C=O) groups excluding carboxylic acids is 1. The summed E-state index contributed by atoms with van der Waals surface area (Å²) in [7, 11) is 3.15. The molecule has 0 unspecified atom stereocenters. The van der Waals surface area contributed by atoms with Gasteiger partial charge < -0.3 is 14.4 Å². The van der Waals surface area contributed by atoms with E-state index in [-0.39, 0.29) is 6.04 Å². The Bertz CT molecular complexity index is 841. The number of nitrogens with zero attached hydrogens (tertiary/aromatic N) is 1. The molecule has 3 rings (SSSR count). The zero-order valence-electron chi connectivity index (χ0n) is 15.0. The lowest BCUT2D eigenvalue weighted by atomic mass is 9.92.